The van der Waals surface area contributed by atoms with Crippen LogP contribution < -0.4 is 9.47 Å². The zero-order valence-electron chi connectivity index (χ0n) is 20.8. The van der Waals surface area contributed by atoms with E-state index in [1.54, 1.807) is 20.3 Å². The smallest absolute Gasteiger partial charge is 0.223 e. The lowest BCUT2D eigenvalue weighted by molar-refractivity contribution is 0.200. The van der Waals surface area contributed by atoms with E-state index in [9.17, 15) is 0 Å². The van der Waals surface area contributed by atoms with Gasteiger partial charge in [0.15, 0.2) is 17.4 Å². The predicted octanol–water partition coefficient (Wildman–Crippen LogP) is 6.05. The fourth-order valence-corrected chi connectivity index (χ4v) is 4.47. The molecule has 0 saturated heterocycles. The van der Waals surface area contributed by atoms with Gasteiger partial charge in [-0.3, -0.25) is 0 Å². The Labute approximate surface area is 210 Å². The summed E-state index contributed by atoms with van der Waals surface area (Å²) in [5.41, 5.74) is 3.50. The van der Waals surface area contributed by atoms with Gasteiger partial charge in [0.25, 0.3) is 0 Å². The Hall–Kier alpha value is -4.05. The van der Waals surface area contributed by atoms with E-state index in [1.807, 2.05) is 49.4 Å². The second kappa shape index (κ2) is 10.7. The van der Waals surface area contributed by atoms with Crippen molar-refractivity contribution in [1.82, 2.24) is 15.1 Å². The predicted molar refractivity (Wildman–Crippen MR) is 135 cm³/mol. The van der Waals surface area contributed by atoms with E-state index >= 15 is 0 Å². The first-order chi connectivity index (χ1) is 17.6. The Bertz CT molecular complexity index is 1390. The van der Waals surface area contributed by atoms with Crippen molar-refractivity contribution in [3.05, 3.63) is 77.3 Å². The van der Waals surface area contributed by atoms with Crippen molar-refractivity contribution in [3.8, 4) is 34.7 Å². The van der Waals surface area contributed by atoms with Crippen molar-refractivity contribution >= 4 is 0 Å². The maximum Gasteiger partial charge on any atom is 0.223 e. The average Bonchev–Trinajstić information content (AvgIpc) is 3.65. The lowest BCUT2D eigenvalue weighted by Gasteiger charge is -2.18. The molecular weight excluding hydrogens is 454 g/mol. The number of nitrogens with zero attached hydrogens (tertiary/aromatic N) is 3. The zero-order chi connectivity index (χ0) is 24.9. The van der Waals surface area contributed by atoms with Gasteiger partial charge >= 0.3 is 0 Å². The molecule has 4 aromatic rings. The van der Waals surface area contributed by atoms with Gasteiger partial charge in [-0.15, -0.1) is 0 Å². The third kappa shape index (κ3) is 5.44. The summed E-state index contributed by atoms with van der Waals surface area (Å²) in [5.74, 6) is 9.78. The van der Waals surface area contributed by atoms with E-state index in [2.05, 4.69) is 27.0 Å². The van der Waals surface area contributed by atoms with E-state index in [-0.39, 0.29) is 12.0 Å². The molecule has 7 heteroatoms. The molecule has 5 rings (SSSR count). The van der Waals surface area contributed by atoms with Gasteiger partial charge in [-0.25, -0.2) is 4.98 Å². The first-order valence-corrected chi connectivity index (χ1v) is 12.3. The number of oxazole rings is 1. The number of aromatic nitrogens is 3. The summed E-state index contributed by atoms with van der Waals surface area (Å²) in [6, 6.07) is 13.8. The van der Waals surface area contributed by atoms with Crippen LogP contribution in [0.3, 0.4) is 0 Å². The molecule has 0 aliphatic heterocycles. The maximum atomic E-state index is 6.35. The number of ether oxygens (including phenoxy) is 2. The molecule has 0 radical (unpaired) electrons. The summed E-state index contributed by atoms with van der Waals surface area (Å²) in [5, 5.41) is 4.07. The lowest BCUT2D eigenvalue weighted by atomic mass is 9.94. The van der Waals surface area contributed by atoms with Crippen molar-refractivity contribution in [2.75, 3.05) is 7.11 Å². The van der Waals surface area contributed by atoms with Gasteiger partial charge in [-0.1, -0.05) is 35.2 Å². The quantitative estimate of drug-likeness (QED) is 0.296. The highest BCUT2D eigenvalue weighted by Crippen LogP contribution is 2.35. The van der Waals surface area contributed by atoms with Gasteiger partial charge in [0.1, 0.15) is 6.26 Å². The SMILES string of the molecule is COc1ccc([C@@H](C#Cc2ccccc2-c2noc(C)n2)Cc2nc(C)co2)cc1OC1CCCC1. The minimum atomic E-state index is -0.181. The van der Waals surface area contributed by atoms with Crippen LogP contribution in [0.2, 0.25) is 0 Å². The number of benzene rings is 2. The number of aryl methyl sites for hydroxylation is 2. The van der Waals surface area contributed by atoms with Gasteiger partial charge in [0.05, 0.1) is 24.8 Å². The molecule has 0 amide bonds. The maximum absolute atomic E-state index is 6.35. The van der Waals surface area contributed by atoms with Crippen molar-refractivity contribution in [2.24, 2.45) is 0 Å². The van der Waals surface area contributed by atoms with Crippen LogP contribution in [0.15, 0.2) is 57.7 Å². The molecule has 1 aliphatic carbocycles. The Kier molecular flexibility index (Phi) is 7.03. The molecule has 0 bridgehead atoms. The molecule has 1 saturated carbocycles. The van der Waals surface area contributed by atoms with E-state index < -0.39 is 0 Å². The van der Waals surface area contributed by atoms with Gasteiger partial charge in [0, 0.05) is 24.5 Å². The van der Waals surface area contributed by atoms with Crippen LogP contribution in [0.1, 0.15) is 60.2 Å². The van der Waals surface area contributed by atoms with Crippen LogP contribution in [0.5, 0.6) is 11.5 Å². The first-order valence-electron chi connectivity index (χ1n) is 12.3. The molecular formula is C29H29N3O4. The summed E-state index contributed by atoms with van der Waals surface area (Å²) in [4.78, 5) is 8.89. The standard InChI is InChI=1S/C29H29N3O4/c1-19-18-34-28(30-19)17-23(13-12-21-8-4-7-11-25(21)29-31-20(2)36-32-29)22-14-15-26(33-3)27(16-22)35-24-9-5-6-10-24/h4,7-8,11,14-16,18,23-24H,5-6,9-10,17H2,1-3H3/t23-/m0/s1. The van der Waals surface area contributed by atoms with Gasteiger partial charge in [-0.2, -0.15) is 4.98 Å². The monoisotopic (exact) mass is 483 g/mol. The summed E-state index contributed by atoms with van der Waals surface area (Å²) < 4.78 is 22.8. The van der Waals surface area contributed by atoms with Crippen molar-refractivity contribution in [1.29, 1.82) is 0 Å². The molecule has 1 atom stereocenters. The highest BCUT2D eigenvalue weighted by molar-refractivity contribution is 5.65. The number of rotatable bonds is 7. The van der Waals surface area contributed by atoms with Crippen LogP contribution in [0.4, 0.5) is 0 Å². The molecule has 2 aromatic carbocycles. The molecule has 184 valence electrons. The minimum Gasteiger partial charge on any atom is -0.493 e. The van der Waals surface area contributed by atoms with E-state index in [4.69, 9.17) is 18.4 Å². The highest BCUT2D eigenvalue weighted by Gasteiger charge is 2.21. The fraction of sp³-hybridized carbons (Fsp3) is 0.345. The fourth-order valence-electron chi connectivity index (χ4n) is 4.47. The summed E-state index contributed by atoms with van der Waals surface area (Å²) in [7, 11) is 1.67. The molecule has 36 heavy (non-hydrogen) atoms. The Morgan fingerprint density at radius 2 is 1.89 bits per heavy atom. The zero-order valence-corrected chi connectivity index (χ0v) is 20.8. The molecule has 1 aliphatic rings. The normalized spacial score (nSPS) is 14.3. The van der Waals surface area contributed by atoms with Gasteiger partial charge in [-0.05, 0) is 62.4 Å². The van der Waals surface area contributed by atoms with Gasteiger partial charge < -0.3 is 18.4 Å². The van der Waals surface area contributed by atoms with Crippen LogP contribution in [-0.2, 0) is 6.42 Å². The second-order valence-electron chi connectivity index (χ2n) is 9.03. The summed E-state index contributed by atoms with van der Waals surface area (Å²) in [6.45, 7) is 3.69. The molecule has 1 fully saturated rings. The van der Waals surface area contributed by atoms with Crippen LogP contribution in [0.25, 0.3) is 11.4 Å². The van der Waals surface area contributed by atoms with E-state index in [1.165, 1.54) is 12.8 Å². The van der Waals surface area contributed by atoms with Crippen molar-refractivity contribution in [3.63, 3.8) is 0 Å². The highest BCUT2D eigenvalue weighted by atomic mass is 16.5. The number of hydrogen-bond donors (Lipinski definition) is 0. The van der Waals surface area contributed by atoms with Gasteiger partial charge in [0.2, 0.25) is 11.7 Å². The Balaban J connectivity index is 1.51. The molecule has 2 heterocycles. The Morgan fingerprint density at radius 3 is 2.61 bits per heavy atom. The van der Waals surface area contributed by atoms with Crippen LogP contribution in [-0.4, -0.2) is 28.3 Å². The topological polar surface area (TPSA) is 83.4 Å². The van der Waals surface area contributed by atoms with E-state index in [0.29, 0.717) is 24.0 Å². The number of methoxy groups -OCH3 is 1. The van der Waals surface area contributed by atoms with Crippen LogP contribution >= 0.6 is 0 Å². The van der Waals surface area contributed by atoms with E-state index in [0.717, 1.165) is 46.7 Å². The lowest BCUT2D eigenvalue weighted by Crippen LogP contribution is -2.12. The molecule has 2 aromatic heterocycles. The minimum absolute atomic E-state index is 0.181. The third-order valence-corrected chi connectivity index (χ3v) is 6.31. The molecule has 0 unspecified atom stereocenters. The van der Waals surface area contributed by atoms with Crippen molar-refractivity contribution in [2.45, 2.75) is 58.0 Å². The first kappa shape index (κ1) is 23.7. The number of hydrogen-bond acceptors (Lipinski definition) is 7. The molecule has 0 spiro atoms. The van der Waals surface area contributed by atoms with Crippen LogP contribution in [0, 0.1) is 25.7 Å². The average molecular weight is 484 g/mol. The molecule has 7 nitrogen and oxygen atoms in total. The molecule has 0 N–H and O–H groups in total. The largest absolute Gasteiger partial charge is 0.493 e. The summed E-state index contributed by atoms with van der Waals surface area (Å²) in [6.07, 6.45) is 6.94. The summed E-state index contributed by atoms with van der Waals surface area (Å²) >= 11 is 0. The Morgan fingerprint density at radius 1 is 1.06 bits per heavy atom. The second-order valence-corrected chi connectivity index (χ2v) is 9.03. The third-order valence-electron chi connectivity index (χ3n) is 6.31. The van der Waals surface area contributed by atoms with Crippen molar-refractivity contribution < 1.29 is 18.4 Å².